The number of aliphatic hydroxyl groups is 1. The molecule has 0 saturated carbocycles. The van der Waals surface area contributed by atoms with E-state index in [1.807, 2.05) is 6.92 Å². The number of hydrogen-bond donors (Lipinski definition) is 2. The number of nitrogens with zero attached hydrogens (tertiary/aromatic N) is 2. The summed E-state index contributed by atoms with van der Waals surface area (Å²) in [7, 11) is 0. The van der Waals surface area contributed by atoms with Crippen molar-refractivity contribution in [2.24, 2.45) is 5.73 Å². The first kappa shape index (κ1) is 12.4. The first-order valence-corrected chi connectivity index (χ1v) is 5.55. The Labute approximate surface area is 90.8 Å². The van der Waals surface area contributed by atoms with Crippen LogP contribution in [0.5, 0.6) is 0 Å². The van der Waals surface area contributed by atoms with E-state index >= 15 is 0 Å². The van der Waals surface area contributed by atoms with Crippen molar-refractivity contribution < 1.29 is 9.90 Å². The Hall–Kier alpha value is -0.650. The zero-order valence-corrected chi connectivity index (χ0v) is 9.35. The van der Waals surface area contributed by atoms with E-state index in [0.717, 1.165) is 39.1 Å². The molecule has 0 bridgehead atoms. The molecule has 0 spiro atoms. The second-order valence-corrected chi connectivity index (χ2v) is 3.93. The molecule has 0 aliphatic carbocycles. The Balaban J connectivity index is 2.38. The van der Waals surface area contributed by atoms with Crippen LogP contribution in [0.4, 0.5) is 0 Å². The number of amides is 1. The van der Waals surface area contributed by atoms with Gasteiger partial charge in [-0.3, -0.25) is 14.6 Å². The summed E-state index contributed by atoms with van der Waals surface area (Å²) >= 11 is 0. The summed E-state index contributed by atoms with van der Waals surface area (Å²) in [4.78, 5) is 15.5. The number of β-amino-alcohol motifs (C(OH)–C–C–N with tert-alkyl or cyclic N) is 1. The molecule has 5 heteroatoms. The molecule has 15 heavy (non-hydrogen) atoms. The third kappa shape index (κ3) is 3.44. The van der Waals surface area contributed by atoms with E-state index in [0.29, 0.717) is 0 Å². The summed E-state index contributed by atoms with van der Waals surface area (Å²) < 4.78 is 0. The van der Waals surface area contributed by atoms with Gasteiger partial charge in [0.2, 0.25) is 5.91 Å². The van der Waals surface area contributed by atoms with Crippen molar-refractivity contribution in [3.63, 3.8) is 0 Å². The lowest BCUT2D eigenvalue weighted by Crippen LogP contribution is -2.54. The lowest BCUT2D eigenvalue weighted by atomic mass is 10.1. The summed E-state index contributed by atoms with van der Waals surface area (Å²) in [5.74, 6) is -0.229. The second kappa shape index (κ2) is 6.05. The van der Waals surface area contributed by atoms with E-state index < -0.39 is 0 Å². The Morgan fingerprint density at radius 1 is 1.40 bits per heavy atom. The number of carbonyl (C=O) groups excluding carboxylic acids is 1. The van der Waals surface area contributed by atoms with Crippen molar-refractivity contribution in [2.75, 3.05) is 39.3 Å². The quantitative estimate of drug-likeness (QED) is 0.608. The fourth-order valence-corrected chi connectivity index (χ4v) is 2.08. The maximum atomic E-state index is 11.2. The average molecular weight is 215 g/mol. The normalized spacial score (nSPS) is 21.5. The standard InChI is InChI=1S/C10H21N3O2/c1-2-9(10(11)15)13-5-3-12(4-6-13)7-8-14/h9,14H,2-8H2,1H3,(H2,11,15). The average Bonchev–Trinajstić information content (AvgIpc) is 2.21. The van der Waals surface area contributed by atoms with Crippen LogP contribution in [-0.4, -0.2) is 66.2 Å². The van der Waals surface area contributed by atoms with Crippen LogP contribution in [0.15, 0.2) is 0 Å². The number of nitrogens with two attached hydrogens (primary N) is 1. The Bertz CT molecular complexity index is 203. The number of piperazine rings is 1. The van der Waals surface area contributed by atoms with Crippen LogP contribution in [-0.2, 0) is 4.79 Å². The highest BCUT2D eigenvalue weighted by molar-refractivity contribution is 5.79. The van der Waals surface area contributed by atoms with Crippen molar-refractivity contribution in [2.45, 2.75) is 19.4 Å². The minimum absolute atomic E-state index is 0.124. The van der Waals surface area contributed by atoms with Gasteiger partial charge in [0.05, 0.1) is 12.6 Å². The summed E-state index contributed by atoms with van der Waals surface area (Å²) in [5, 5.41) is 8.80. The lowest BCUT2D eigenvalue weighted by molar-refractivity contribution is -0.124. The van der Waals surface area contributed by atoms with Gasteiger partial charge in [-0.15, -0.1) is 0 Å². The largest absolute Gasteiger partial charge is 0.395 e. The molecule has 0 aromatic rings. The maximum absolute atomic E-state index is 11.2. The molecule has 3 N–H and O–H groups in total. The van der Waals surface area contributed by atoms with Gasteiger partial charge in [-0.1, -0.05) is 6.92 Å². The smallest absolute Gasteiger partial charge is 0.234 e. The molecule has 1 unspecified atom stereocenters. The van der Waals surface area contributed by atoms with E-state index in [1.165, 1.54) is 0 Å². The van der Waals surface area contributed by atoms with Gasteiger partial charge in [-0.2, -0.15) is 0 Å². The summed E-state index contributed by atoms with van der Waals surface area (Å²) in [6.45, 7) is 6.45. The van der Waals surface area contributed by atoms with E-state index in [1.54, 1.807) is 0 Å². The maximum Gasteiger partial charge on any atom is 0.234 e. The molecule has 1 atom stereocenters. The van der Waals surface area contributed by atoms with Crippen LogP contribution in [0.25, 0.3) is 0 Å². The Morgan fingerprint density at radius 3 is 2.40 bits per heavy atom. The number of carbonyl (C=O) groups is 1. The third-order valence-corrected chi connectivity index (χ3v) is 2.98. The van der Waals surface area contributed by atoms with Crippen LogP contribution in [0, 0.1) is 0 Å². The molecule has 1 fully saturated rings. The van der Waals surface area contributed by atoms with E-state index in [9.17, 15) is 4.79 Å². The van der Waals surface area contributed by atoms with Crippen molar-refractivity contribution in [1.82, 2.24) is 9.80 Å². The first-order chi connectivity index (χ1) is 7.19. The van der Waals surface area contributed by atoms with Gasteiger partial charge < -0.3 is 10.8 Å². The molecule has 1 rings (SSSR count). The molecular weight excluding hydrogens is 194 g/mol. The van der Waals surface area contributed by atoms with E-state index in [2.05, 4.69) is 9.80 Å². The molecule has 1 aliphatic rings. The van der Waals surface area contributed by atoms with Gasteiger partial charge in [0, 0.05) is 32.7 Å². The topological polar surface area (TPSA) is 69.8 Å². The Kier molecular flexibility index (Phi) is 5.01. The van der Waals surface area contributed by atoms with Gasteiger partial charge in [0.25, 0.3) is 0 Å². The number of rotatable bonds is 5. The van der Waals surface area contributed by atoms with Crippen molar-refractivity contribution in [3.05, 3.63) is 0 Å². The zero-order valence-electron chi connectivity index (χ0n) is 9.35. The molecule has 0 aromatic carbocycles. The predicted molar refractivity (Wildman–Crippen MR) is 58.4 cm³/mol. The lowest BCUT2D eigenvalue weighted by Gasteiger charge is -2.37. The Morgan fingerprint density at radius 2 is 2.00 bits per heavy atom. The van der Waals surface area contributed by atoms with Crippen molar-refractivity contribution in [1.29, 1.82) is 0 Å². The monoisotopic (exact) mass is 215 g/mol. The van der Waals surface area contributed by atoms with Gasteiger partial charge in [0.15, 0.2) is 0 Å². The fourth-order valence-electron chi connectivity index (χ4n) is 2.08. The second-order valence-electron chi connectivity index (χ2n) is 3.93. The molecule has 1 heterocycles. The number of primary amides is 1. The zero-order chi connectivity index (χ0) is 11.3. The van der Waals surface area contributed by atoms with Gasteiger partial charge in [-0.05, 0) is 6.42 Å². The van der Waals surface area contributed by atoms with Crippen molar-refractivity contribution in [3.8, 4) is 0 Å². The minimum Gasteiger partial charge on any atom is -0.395 e. The molecule has 1 amide bonds. The fraction of sp³-hybridized carbons (Fsp3) is 0.900. The van der Waals surface area contributed by atoms with Crippen LogP contribution < -0.4 is 5.73 Å². The molecule has 0 aromatic heterocycles. The molecule has 1 aliphatic heterocycles. The summed E-state index contributed by atoms with van der Waals surface area (Å²) in [6, 6.07) is -0.124. The summed E-state index contributed by atoms with van der Waals surface area (Å²) in [5.41, 5.74) is 5.34. The van der Waals surface area contributed by atoms with E-state index in [4.69, 9.17) is 10.8 Å². The first-order valence-electron chi connectivity index (χ1n) is 5.55. The molecule has 88 valence electrons. The SMILES string of the molecule is CCC(C(N)=O)N1CCN(CCO)CC1. The molecule has 5 nitrogen and oxygen atoms in total. The highest BCUT2D eigenvalue weighted by Gasteiger charge is 2.25. The minimum atomic E-state index is -0.229. The van der Waals surface area contributed by atoms with Gasteiger partial charge in [-0.25, -0.2) is 0 Å². The van der Waals surface area contributed by atoms with E-state index in [-0.39, 0.29) is 18.6 Å². The number of hydrogen-bond acceptors (Lipinski definition) is 4. The number of aliphatic hydroxyl groups excluding tert-OH is 1. The van der Waals surface area contributed by atoms with Crippen LogP contribution in [0.3, 0.4) is 0 Å². The molecule has 0 radical (unpaired) electrons. The third-order valence-electron chi connectivity index (χ3n) is 2.98. The van der Waals surface area contributed by atoms with Crippen LogP contribution in [0.1, 0.15) is 13.3 Å². The van der Waals surface area contributed by atoms with Gasteiger partial charge >= 0.3 is 0 Å². The van der Waals surface area contributed by atoms with Crippen LogP contribution >= 0.6 is 0 Å². The molecule has 1 saturated heterocycles. The van der Waals surface area contributed by atoms with Gasteiger partial charge in [0.1, 0.15) is 0 Å². The highest BCUT2D eigenvalue weighted by Crippen LogP contribution is 2.08. The predicted octanol–water partition coefficient (Wildman–Crippen LogP) is -1.14. The molecular formula is C10H21N3O2. The van der Waals surface area contributed by atoms with Crippen LogP contribution in [0.2, 0.25) is 0 Å². The summed E-state index contributed by atoms with van der Waals surface area (Å²) in [6.07, 6.45) is 0.773. The highest BCUT2D eigenvalue weighted by atomic mass is 16.3. The van der Waals surface area contributed by atoms with Crippen molar-refractivity contribution >= 4 is 5.91 Å².